The summed E-state index contributed by atoms with van der Waals surface area (Å²) >= 11 is 0. The molecule has 4 heteroatoms. The van der Waals surface area contributed by atoms with Crippen LogP contribution in [0, 0.1) is 11.3 Å². The van der Waals surface area contributed by atoms with Crippen LogP contribution in [0.5, 0.6) is 0 Å². The van der Waals surface area contributed by atoms with Gasteiger partial charge in [0.25, 0.3) is 0 Å². The van der Waals surface area contributed by atoms with Gasteiger partial charge >= 0.3 is 0 Å². The van der Waals surface area contributed by atoms with E-state index in [4.69, 9.17) is 10.5 Å². The standard InChI is InChI=1S/C11H20N2O2/c1-11(2)9(13-8(14)3-5-12)7-4-6-15-10(7)11/h7,9-10H,3-6,12H2,1-2H3,(H,13,14)/t7-,9-,10-/m1/s1. The fraction of sp³-hybridized carbons (Fsp3) is 0.909. The maximum absolute atomic E-state index is 11.5. The number of hydrogen-bond donors (Lipinski definition) is 2. The molecule has 2 rings (SSSR count). The summed E-state index contributed by atoms with van der Waals surface area (Å²) in [6.45, 7) is 5.57. The molecule has 1 saturated carbocycles. The summed E-state index contributed by atoms with van der Waals surface area (Å²) < 4.78 is 5.66. The zero-order valence-electron chi connectivity index (χ0n) is 9.45. The van der Waals surface area contributed by atoms with Crippen molar-refractivity contribution in [2.24, 2.45) is 17.1 Å². The number of amides is 1. The van der Waals surface area contributed by atoms with Gasteiger partial charge in [-0.3, -0.25) is 4.79 Å². The van der Waals surface area contributed by atoms with Gasteiger partial charge in [-0.25, -0.2) is 0 Å². The van der Waals surface area contributed by atoms with E-state index >= 15 is 0 Å². The minimum atomic E-state index is 0.0703. The van der Waals surface area contributed by atoms with Crippen molar-refractivity contribution < 1.29 is 9.53 Å². The van der Waals surface area contributed by atoms with Crippen LogP contribution < -0.4 is 11.1 Å². The lowest BCUT2D eigenvalue weighted by Crippen LogP contribution is -2.66. The number of ether oxygens (including phenoxy) is 1. The van der Waals surface area contributed by atoms with Crippen LogP contribution in [0.4, 0.5) is 0 Å². The highest BCUT2D eigenvalue weighted by Crippen LogP contribution is 2.52. The number of fused-ring (bicyclic) bond motifs is 1. The largest absolute Gasteiger partial charge is 0.377 e. The Hall–Kier alpha value is -0.610. The lowest BCUT2D eigenvalue weighted by molar-refractivity contribution is -0.137. The Balaban J connectivity index is 1.95. The van der Waals surface area contributed by atoms with Gasteiger partial charge in [0, 0.05) is 36.9 Å². The Morgan fingerprint density at radius 3 is 3.00 bits per heavy atom. The van der Waals surface area contributed by atoms with E-state index in [1.54, 1.807) is 0 Å². The number of carbonyl (C=O) groups excluding carboxylic acids is 1. The molecule has 1 amide bonds. The van der Waals surface area contributed by atoms with Crippen LogP contribution in [0.1, 0.15) is 26.7 Å². The first-order valence-electron chi connectivity index (χ1n) is 5.68. The molecule has 0 bridgehead atoms. The summed E-state index contributed by atoms with van der Waals surface area (Å²) in [6, 6.07) is 0.268. The number of hydrogen-bond acceptors (Lipinski definition) is 3. The van der Waals surface area contributed by atoms with Crippen molar-refractivity contribution in [1.29, 1.82) is 0 Å². The van der Waals surface area contributed by atoms with Crippen molar-refractivity contribution in [3.8, 4) is 0 Å². The number of nitrogens with two attached hydrogens (primary N) is 1. The van der Waals surface area contributed by atoms with E-state index in [0.717, 1.165) is 13.0 Å². The second-order valence-electron chi connectivity index (χ2n) is 5.15. The summed E-state index contributed by atoms with van der Waals surface area (Å²) in [7, 11) is 0. The summed E-state index contributed by atoms with van der Waals surface area (Å²) in [5.74, 6) is 0.586. The van der Waals surface area contributed by atoms with Gasteiger partial charge < -0.3 is 15.8 Å². The van der Waals surface area contributed by atoms with Crippen molar-refractivity contribution in [1.82, 2.24) is 5.32 Å². The van der Waals surface area contributed by atoms with Crippen LogP contribution in [-0.4, -0.2) is 31.2 Å². The minimum absolute atomic E-state index is 0.0703. The van der Waals surface area contributed by atoms with E-state index in [-0.39, 0.29) is 17.4 Å². The highest BCUT2D eigenvalue weighted by molar-refractivity contribution is 5.76. The zero-order valence-corrected chi connectivity index (χ0v) is 9.45. The second-order valence-corrected chi connectivity index (χ2v) is 5.15. The predicted octanol–water partition coefficient (Wildman–Crippen LogP) is 0.265. The van der Waals surface area contributed by atoms with Crippen molar-refractivity contribution in [2.75, 3.05) is 13.2 Å². The molecule has 1 heterocycles. The van der Waals surface area contributed by atoms with Crippen molar-refractivity contribution >= 4 is 5.91 Å². The average molecular weight is 212 g/mol. The first-order chi connectivity index (χ1) is 7.07. The molecule has 2 aliphatic rings. The average Bonchev–Trinajstić information content (AvgIpc) is 2.61. The number of carbonyl (C=O) groups is 1. The minimum Gasteiger partial charge on any atom is -0.377 e. The maximum Gasteiger partial charge on any atom is 0.221 e. The predicted molar refractivity (Wildman–Crippen MR) is 57.2 cm³/mol. The molecule has 3 N–H and O–H groups in total. The molecule has 86 valence electrons. The van der Waals surface area contributed by atoms with Gasteiger partial charge in [0.15, 0.2) is 0 Å². The van der Waals surface area contributed by atoms with Crippen molar-refractivity contribution in [3.63, 3.8) is 0 Å². The maximum atomic E-state index is 11.5. The first kappa shape index (κ1) is 10.9. The third-order valence-corrected chi connectivity index (χ3v) is 3.79. The van der Waals surface area contributed by atoms with Gasteiger partial charge in [0.1, 0.15) is 0 Å². The van der Waals surface area contributed by atoms with E-state index in [9.17, 15) is 4.79 Å². The van der Waals surface area contributed by atoms with Crippen molar-refractivity contribution in [2.45, 2.75) is 38.8 Å². The monoisotopic (exact) mass is 212 g/mol. The molecular formula is C11H20N2O2. The molecule has 0 radical (unpaired) electrons. The van der Waals surface area contributed by atoms with Crippen molar-refractivity contribution in [3.05, 3.63) is 0 Å². The molecule has 2 fully saturated rings. The van der Waals surface area contributed by atoms with Crippen LogP contribution in [-0.2, 0) is 9.53 Å². The molecule has 0 aromatic carbocycles. The Labute approximate surface area is 90.5 Å². The van der Waals surface area contributed by atoms with Gasteiger partial charge in [-0.1, -0.05) is 13.8 Å². The molecule has 0 aromatic heterocycles. The molecule has 0 spiro atoms. The Morgan fingerprint density at radius 2 is 2.33 bits per heavy atom. The fourth-order valence-corrected chi connectivity index (χ4v) is 2.99. The van der Waals surface area contributed by atoms with E-state index in [1.165, 1.54) is 0 Å². The smallest absolute Gasteiger partial charge is 0.221 e. The Morgan fingerprint density at radius 1 is 1.60 bits per heavy atom. The van der Waals surface area contributed by atoms with Gasteiger partial charge in [-0.05, 0) is 6.42 Å². The summed E-state index contributed by atoms with van der Waals surface area (Å²) in [6.07, 6.45) is 1.83. The van der Waals surface area contributed by atoms with Gasteiger partial charge in [-0.15, -0.1) is 0 Å². The summed E-state index contributed by atoms with van der Waals surface area (Å²) in [5.41, 5.74) is 5.43. The molecule has 0 unspecified atom stereocenters. The molecule has 1 aliphatic carbocycles. The molecular weight excluding hydrogens is 192 g/mol. The van der Waals surface area contributed by atoms with Gasteiger partial charge in [0.2, 0.25) is 5.91 Å². The molecule has 1 aliphatic heterocycles. The molecule has 1 saturated heterocycles. The molecule has 4 nitrogen and oxygen atoms in total. The normalized spacial score (nSPS) is 36.9. The fourth-order valence-electron chi connectivity index (χ4n) is 2.99. The van der Waals surface area contributed by atoms with E-state index in [1.807, 2.05) is 0 Å². The van der Waals surface area contributed by atoms with Crippen LogP contribution in [0.25, 0.3) is 0 Å². The second kappa shape index (κ2) is 3.76. The SMILES string of the molecule is CC1(C)[C@H](NC(=O)CCN)[C@H]2CCO[C@H]21. The quantitative estimate of drug-likeness (QED) is 0.705. The van der Waals surface area contributed by atoms with Crippen LogP contribution in [0.2, 0.25) is 0 Å². The molecule has 15 heavy (non-hydrogen) atoms. The third-order valence-electron chi connectivity index (χ3n) is 3.79. The topological polar surface area (TPSA) is 64.4 Å². The van der Waals surface area contributed by atoms with E-state index < -0.39 is 0 Å². The molecule has 0 aromatic rings. The Kier molecular flexibility index (Phi) is 2.73. The Bertz CT molecular complexity index is 265. The molecule has 3 atom stereocenters. The number of rotatable bonds is 3. The van der Waals surface area contributed by atoms with Crippen LogP contribution >= 0.6 is 0 Å². The zero-order chi connectivity index (χ0) is 11.1. The van der Waals surface area contributed by atoms with Gasteiger partial charge in [0.05, 0.1) is 6.10 Å². The highest BCUT2D eigenvalue weighted by Gasteiger charge is 2.59. The lowest BCUT2D eigenvalue weighted by atomic mass is 9.57. The lowest BCUT2D eigenvalue weighted by Gasteiger charge is -2.54. The van der Waals surface area contributed by atoms with E-state index in [2.05, 4.69) is 19.2 Å². The number of nitrogens with one attached hydrogen (secondary N) is 1. The van der Waals surface area contributed by atoms with Crippen LogP contribution in [0.3, 0.4) is 0 Å². The summed E-state index contributed by atoms with van der Waals surface area (Å²) in [5, 5.41) is 3.08. The van der Waals surface area contributed by atoms with E-state index in [0.29, 0.717) is 25.0 Å². The van der Waals surface area contributed by atoms with Crippen LogP contribution in [0.15, 0.2) is 0 Å². The van der Waals surface area contributed by atoms with Gasteiger partial charge in [-0.2, -0.15) is 0 Å². The summed E-state index contributed by atoms with van der Waals surface area (Å²) in [4.78, 5) is 11.5. The highest BCUT2D eigenvalue weighted by atomic mass is 16.5. The first-order valence-corrected chi connectivity index (χ1v) is 5.68. The third kappa shape index (κ3) is 1.66.